The molecule has 1 aromatic rings. The molecule has 0 saturated heterocycles. The lowest BCUT2D eigenvalue weighted by molar-refractivity contribution is -0.111. The van der Waals surface area contributed by atoms with Crippen LogP contribution in [-0.2, 0) is 11.3 Å². The van der Waals surface area contributed by atoms with E-state index >= 15 is 0 Å². The van der Waals surface area contributed by atoms with E-state index in [0.29, 0.717) is 17.7 Å². The van der Waals surface area contributed by atoms with E-state index in [1.54, 1.807) is 0 Å². The van der Waals surface area contributed by atoms with E-state index in [0.717, 1.165) is 53.7 Å². The van der Waals surface area contributed by atoms with Crippen LogP contribution in [-0.4, -0.2) is 6.92 Å². The van der Waals surface area contributed by atoms with Gasteiger partial charge in [-0.2, -0.15) is 0 Å². The summed E-state index contributed by atoms with van der Waals surface area (Å²) in [6.45, 7) is 16.5. The third-order valence-corrected chi connectivity index (χ3v) is 11.0. The van der Waals surface area contributed by atoms with E-state index in [1.807, 2.05) is 0 Å². The second-order valence-corrected chi connectivity index (χ2v) is 12.5. The summed E-state index contributed by atoms with van der Waals surface area (Å²) in [5.74, 6) is 6.75. The zero-order valence-corrected chi connectivity index (χ0v) is 19.5. The van der Waals surface area contributed by atoms with E-state index in [9.17, 15) is 0 Å². The smallest absolute Gasteiger partial charge is 0.300 e. The van der Waals surface area contributed by atoms with Crippen molar-refractivity contribution in [1.82, 2.24) is 0 Å². The highest BCUT2D eigenvalue weighted by Crippen LogP contribution is 2.69. The molecule has 29 heavy (non-hydrogen) atoms. The predicted molar refractivity (Wildman–Crippen MR) is 123 cm³/mol. The Balaban J connectivity index is 1.38. The summed E-state index contributed by atoms with van der Waals surface area (Å²) < 4.78 is 6.92. The molecule has 1 nitrogen and oxygen atoms in total. The molecule has 6 saturated carbocycles. The quantitative estimate of drug-likeness (QED) is 0.476. The third-order valence-electron chi connectivity index (χ3n) is 11.0. The molecule has 6 aliphatic carbocycles. The van der Waals surface area contributed by atoms with Crippen LogP contribution in [0.5, 0.6) is 0 Å². The van der Waals surface area contributed by atoms with E-state index in [4.69, 9.17) is 4.65 Å². The molecule has 0 unspecified atom stereocenters. The van der Waals surface area contributed by atoms with Crippen molar-refractivity contribution in [2.24, 2.45) is 46.3 Å². The summed E-state index contributed by atoms with van der Waals surface area (Å²) in [6.07, 6.45) is 5.72. The first-order valence-electron chi connectivity index (χ1n) is 12.4. The van der Waals surface area contributed by atoms with E-state index in [-0.39, 0.29) is 0 Å². The minimum atomic E-state index is 0.447. The molecule has 0 aromatic heterocycles. The van der Waals surface area contributed by atoms with Crippen LogP contribution < -0.4 is 0 Å². The lowest BCUT2D eigenvalue weighted by atomic mass is 9.27. The Morgan fingerprint density at radius 2 is 1.28 bits per heavy atom. The van der Waals surface area contributed by atoms with Gasteiger partial charge in [-0.1, -0.05) is 84.7 Å². The predicted octanol–water partition coefficient (Wildman–Crippen LogP) is 7.34. The minimum absolute atomic E-state index is 0.447. The third kappa shape index (κ3) is 2.99. The van der Waals surface area contributed by atoms with Crippen LogP contribution in [0.1, 0.15) is 72.8 Å². The van der Waals surface area contributed by atoms with Gasteiger partial charge in [-0.05, 0) is 76.4 Å². The molecular formula is C27H41BO. The Labute approximate surface area is 179 Å². The molecule has 8 atom stereocenters. The van der Waals surface area contributed by atoms with Crippen LogP contribution >= 0.6 is 0 Å². The summed E-state index contributed by atoms with van der Waals surface area (Å²) in [5.41, 5.74) is 2.45. The van der Waals surface area contributed by atoms with Crippen molar-refractivity contribution in [2.45, 2.75) is 85.5 Å². The molecule has 0 aliphatic heterocycles. The van der Waals surface area contributed by atoms with E-state index in [2.05, 4.69) is 71.9 Å². The summed E-state index contributed by atoms with van der Waals surface area (Å²) in [5, 5.41) is 0. The zero-order chi connectivity index (χ0) is 20.6. The van der Waals surface area contributed by atoms with Crippen molar-refractivity contribution < 1.29 is 4.65 Å². The van der Waals surface area contributed by atoms with Gasteiger partial charge in [-0.25, -0.2) is 0 Å². The Morgan fingerprint density at radius 3 is 1.69 bits per heavy atom. The molecular weight excluding hydrogens is 351 g/mol. The SMILES string of the molecule is C[C@@H]1[C@H]2C[C@@H](C[C@H]1B(OCc1ccccc1)[C@@H]1C[C@@H]3C[C@H]([C@H]1C)C3(C)C)C2(C)C. The van der Waals surface area contributed by atoms with Gasteiger partial charge < -0.3 is 4.65 Å². The number of fused-ring (bicyclic) bond motifs is 4. The fourth-order valence-electron chi connectivity index (χ4n) is 8.58. The molecule has 6 aliphatic rings. The Bertz CT molecular complexity index is 698. The maximum absolute atomic E-state index is 6.92. The van der Waals surface area contributed by atoms with Crippen LogP contribution in [0.2, 0.25) is 11.6 Å². The van der Waals surface area contributed by atoms with Crippen molar-refractivity contribution in [3.63, 3.8) is 0 Å². The first kappa shape index (κ1) is 20.2. The second-order valence-electron chi connectivity index (χ2n) is 12.5. The fourth-order valence-corrected chi connectivity index (χ4v) is 8.58. The lowest BCUT2D eigenvalue weighted by Crippen LogP contribution is -2.60. The second kappa shape index (κ2) is 6.88. The maximum Gasteiger partial charge on any atom is 0.300 e. The van der Waals surface area contributed by atoms with Gasteiger partial charge in [0.15, 0.2) is 0 Å². The fraction of sp³-hybridized carbons (Fsp3) is 0.778. The summed E-state index contributed by atoms with van der Waals surface area (Å²) in [7, 11) is 0. The van der Waals surface area contributed by atoms with Crippen molar-refractivity contribution in [3.8, 4) is 0 Å². The van der Waals surface area contributed by atoms with Gasteiger partial charge in [0.1, 0.15) is 0 Å². The number of rotatable bonds is 5. The van der Waals surface area contributed by atoms with Crippen molar-refractivity contribution >= 4 is 6.92 Å². The maximum atomic E-state index is 6.92. The normalized spacial score (nSPS) is 43.8. The molecule has 0 N–H and O–H groups in total. The van der Waals surface area contributed by atoms with Gasteiger partial charge in [0.05, 0.1) is 6.61 Å². The van der Waals surface area contributed by atoms with E-state index < -0.39 is 0 Å². The van der Waals surface area contributed by atoms with Gasteiger partial charge in [-0.3, -0.25) is 0 Å². The average Bonchev–Trinajstić information content (AvgIpc) is 2.69. The molecule has 7 rings (SSSR count). The highest BCUT2D eigenvalue weighted by molar-refractivity contribution is 6.55. The Kier molecular flexibility index (Phi) is 4.78. The van der Waals surface area contributed by atoms with Gasteiger partial charge in [0.25, 0.3) is 6.92 Å². The lowest BCUT2D eigenvalue weighted by Gasteiger charge is -2.66. The molecule has 1 aromatic carbocycles. The van der Waals surface area contributed by atoms with Crippen LogP contribution in [0.4, 0.5) is 0 Å². The number of benzene rings is 1. The minimum Gasteiger partial charge on any atom is -0.431 e. The zero-order valence-electron chi connectivity index (χ0n) is 19.5. The highest BCUT2D eigenvalue weighted by Gasteiger charge is 2.63. The molecule has 0 spiro atoms. The van der Waals surface area contributed by atoms with E-state index in [1.165, 1.54) is 31.2 Å². The molecule has 0 heterocycles. The van der Waals surface area contributed by atoms with Crippen LogP contribution in [0.15, 0.2) is 30.3 Å². The molecule has 6 fully saturated rings. The number of hydrogen-bond donors (Lipinski definition) is 0. The van der Waals surface area contributed by atoms with Gasteiger partial charge >= 0.3 is 0 Å². The van der Waals surface area contributed by atoms with Crippen molar-refractivity contribution in [1.29, 1.82) is 0 Å². The highest BCUT2D eigenvalue weighted by atomic mass is 16.4. The molecule has 0 amide bonds. The first-order chi connectivity index (χ1) is 13.7. The number of hydrogen-bond acceptors (Lipinski definition) is 1. The molecule has 158 valence electrons. The van der Waals surface area contributed by atoms with Gasteiger partial charge in [-0.15, -0.1) is 0 Å². The molecule has 4 bridgehead atoms. The van der Waals surface area contributed by atoms with Crippen molar-refractivity contribution in [3.05, 3.63) is 35.9 Å². The monoisotopic (exact) mass is 392 g/mol. The summed E-state index contributed by atoms with van der Waals surface area (Å²) in [6, 6.07) is 10.9. The standard InChI is InChI=1S/C27H41BO/c1-17-22-12-20(26(22,3)4)14-24(17)28(29-16-19-10-8-7-9-11-19)25-15-21-13-23(18(25)2)27(21,5)6/h7-11,17-18,20-25H,12-16H2,1-6H3/t17-,18-,20+,21+,22-,23-,24-,25-/m1/s1. The summed E-state index contributed by atoms with van der Waals surface area (Å²) >= 11 is 0. The molecule has 0 radical (unpaired) electrons. The Hall–Kier alpha value is -0.755. The van der Waals surface area contributed by atoms with Gasteiger partial charge in [0.2, 0.25) is 0 Å². The van der Waals surface area contributed by atoms with Crippen LogP contribution in [0, 0.1) is 46.3 Å². The first-order valence-corrected chi connectivity index (χ1v) is 12.4. The summed E-state index contributed by atoms with van der Waals surface area (Å²) in [4.78, 5) is 0. The molecule has 2 heteroatoms. The van der Waals surface area contributed by atoms with Gasteiger partial charge in [0, 0.05) is 0 Å². The Morgan fingerprint density at radius 1 is 0.793 bits per heavy atom. The van der Waals surface area contributed by atoms with Crippen molar-refractivity contribution in [2.75, 3.05) is 0 Å². The van der Waals surface area contributed by atoms with Crippen LogP contribution in [0.25, 0.3) is 0 Å². The average molecular weight is 392 g/mol. The van der Waals surface area contributed by atoms with Crippen LogP contribution in [0.3, 0.4) is 0 Å². The topological polar surface area (TPSA) is 9.23 Å². The largest absolute Gasteiger partial charge is 0.431 e.